The molecule has 0 atom stereocenters. The van der Waals surface area contributed by atoms with Gasteiger partial charge in [0.2, 0.25) is 0 Å². The lowest BCUT2D eigenvalue weighted by Crippen LogP contribution is -2.36. The molecule has 31 heavy (non-hydrogen) atoms. The lowest BCUT2D eigenvalue weighted by Gasteiger charge is -2.25. The molecule has 2 aromatic carbocycles. The zero-order valence-electron chi connectivity index (χ0n) is 18.2. The number of amides is 2. The number of nitrogens with one attached hydrogen (secondary N) is 1. The summed E-state index contributed by atoms with van der Waals surface area (Å²) >= 11 is 0. The van der Waals surface area contributed by atoms with Crippen LogP contribution in [0.5, 0.6) is 5.75 Å². The van der Waals surface area contributed by atoms with Gasteiger partial charge in [-0.2, -0.15) is 0 Å². The molecule has 0 saturated heterocycles. The lowest BCUT2D eigenvalue weighted by molar-refractivity contribution is 0.256. The Morgan fingerprint density at radius 2 is 2.00 bits per heavy atom. The standard InChI is InChI=1S/C24H29N5O2/c1-3-18-10-6-7-13-21(18)29(24(30)25-19-11-9-12-20(16-19)31-2)17-23-27-26-22-14-5-4-8-15-28(22)23/h6-7,9-13,16H,3-5,8,14-15,17H2,1-2H3,(H,25,30). The Bertz CT molecular complexity index is 1050. The molecule has 0 unspecified atom stereocenters. The van der Waals surface area contributed by atoms with Gasteiger partial charge in [-0.15, -0.1) is 10.2 Å². The molecule has 7 nitrogen and oxygen atoms in total. The number of para-hydroxylation sites is 1. The molecular weight excluding hydrogens is 390 g/mol. The summed E-state index contributed by atoms with van der Waals surface area (Å²) in [6, 6.07) is 15.2. The molecule has 0 radical (unpaired) electrons. The van der Waals surface area contributed by atoms with Crippen molar-refractivity contribution < 1.29 is 9.53 Å². The number of fused-ring (bicyclic) bond motifs is 1. The Kier molecular flexibility index (Phi) is 6.50. The minimum absolute atomic E-state index is 0.208. The molecule has 162 valence electrons. The number of carbonyl (C=O) groups is 1. The number of aryl methyl sites for hydroxylation is 2. The molecule has 7 heteroatoms. The molecule has 3 aromatic rings. The van der Waals surface area contributed by atoms with Crippen LogP contribution < -0.4 is 15.0 Å². The van der Waals surface area contributed by atoms with Crippen molar-refractivity contribution in [1.82, 2.24) is 14.8 Å². The van der Waals surface area contributed by atoms with Gasteiger partial charge in [-0.25, -0.2) is 4.79 Å². The highest BCUT2D eigenvalue weighted by molar-refractivity contribution is 6.02. The van der Waals surface area contributed by atoms with Crippen LogP contribution in [0, 0.1) is 0 Å². The third-order valence-corrected chi connectivity index (χ3v) is 5.72. The summed E-state index contributed by atoms with van der Waals surface area (Å²) in [5.41, 5.74) is 2.68. The van der Waals surface area contributed by atoms with Crippen LogP contribution in [0.3, 0.4) is 0 Å². The van der Waals surface area contributed by atoms with E-state index in [9.17, 15) is 4.79 Å². The van der Waals surface area contributed by atoms with E-state index in [-0.39, 0.29) is 6.03 Å². The quantitative estimate of drug-likeness (QED) is 0.622. The van der Waals surface area contributed by atoms with E-state index in [1.54, 1.807) is 12.0 Å². The molecule has 0 saturated carbocycles. The summed E-state index contributed by atoms with van der Waals surface area (Å²) in [5, 5.41) is 11.9. The zero-order valence-corrected chi connectivity index (χ0v) is 18.2. The van der Waals surface area contributed by atoms with Gasteiger partial charge in [0.1, 0.15) is 11.6 Å². The Hall–Kier alpha value is -3.35. The molecule has 0 spiro atoms. The molecule has 0 fully saturated rings. The van der Waals surface area contributed by atoms with Crippen LogP contribution in [0.15, 0.2) is 48.5 Å². The van der Waals surface area contributed by atoms with E-state index in [4.69, 9.17) is 4.74 Å². The summed E-state index contributed by atoms with van der Waals surface area (Å²) in [5.74, 6) is 2.54. The van der Waals surface area contributed by atoms with Crippen LogP contribution >= 0.6 is 0 Å². The number of rotatable bonds is 6. The number of carbonyl (C=O) groups excluding carboxylic acids is 1. The number of aromatic nitrogens is 3. The highest BCUT2D eigenvalue weighted by Gasteiger charge is 2.23. The van der Waals surface area contributed by atoms with Crippen LogP contribution in [0.25, 0.3) is 0 Å². The maximum absolute atomic E-state index is 13.5. The van der Waals surface area contributed by atoms with E-state index in [2.05, 4.69) is 33.1 Å². The molecule has 1 aliphatic rings. The average molecular weight is 420 g/mol. The number of anilines is 2. The predicted octanol–water partition coefficient (Wildman–Crippen LogP) is 4.81. The summed E-state index contributed by atoms with van der Waals surface area (Å²) < 4.78 is 7.48. The second-order valence-corrected chi connectivity index (χ2v) is 7.73. The SMILES string of the molecule is CCc1ccccc1N(Cc1nnc2n1CCCCC2)C(=O)Nc1cccc(OC)c1. The number of urea groups is 1. The molecule has 1 N–H and O–H groups in total. The van der Waals surface area contributed by atoms with Crippen molar-refractivity contribution in [2.45, 2.75) is 52.1 Å². The van der Waals surface area contributed by atoms with Crippen molar-refractivity contribution >= 4 is 17.4 Å². The van der Waals surface area contributed by atoms with Gasteiger partial charge in [-0.05, 0) is 43.0 Å². The van der Waals surface area contributed by atoms with Gasteiger partial charge in [0.25, 0.3) is 0 Å². The largest absolute Gasteiger partial charge is 0.497 e. The monoisotopic (exact) mass is 419 g/mol. The van der Waals surface area contributed by atoms with Gasteiger partial charge in [0.15, 0.2) is 5.82 Å². The maximum atomic E-state index is 13.5. The summed E-state index contributed by atoms with van der Waals surface area (Å²) in [7, 11) is 1.61. The van der Waals surface area contributed by atoms with E-state index < -0.39 is 0 Å². The normalized spacial score (nSPS) is 13.2. The number of benzene rings is 2. The fourth-order valence-corrected chi connectivity index (χ4v) is 4.03. The first-order valence-corrected chi connectivity index (χ1v) is 10.9. The second-order valence-electron chi connectivity index (χ2n) is 7.73. The van der Waals surface area contributed by atoms with Crippen molar-refractivity contribution in [3.8, 4) is 5.75 Å². The first kappa shape index (κ1) is 20.9. The van der Waals surface area contributed by atoms with Gasteiger partial charge >= 0.3 is 6.03 Å². The number of nitrogens with zero attached hydrogens (tertiary/aromatic N) is 4. The Labute approximate surface area is 183 Å². The average Bonchev–Trinajstić information content (AvgIpc) is 3.02. The van der Waals surface area contributed by atoms with E-state index in [1.807, 2.05) is 42.5 Å². The smallest absolute Gasteiger partial charge is 0.326 e. The fraction of sp³-hybridized carbons (Fsp3) is 0.375. The molecule has 1 aliphatic heterocycles. The van der Waals surface area contributed by atoms with Gasteiger partial charge in [-0.1, -0.05) is 37.6 Å². The van der Waals surface area contributed by atoms with E-state index >= 15 is 0 Å². The highest BCUT2D eigenvalue weighted by atomic mass is 16.5. The molecule has 2 amide bonds. The number of hydrogen-bond donors (Lipinski definition) is 1. The predicted molar refractivity (Wildman–Crippen MR) is 122 cm³/mol. The first-order valence-electron chi connectivity index (χ1n) is 10.9. The maximum Gasteiger partial charge on any atom is 0.326 e. The third kappa shape index (κ3) is 4.71. The number of ether oxygens (including phenoxy) is 1. The van der Waals surface area contributed by atoms with Crippen LogP contribution in [0.4, 0.5) is 16.2 Å². The molecule has 4 rings (SSSR count). The van der Waals surface area contributed by atoms with Crippen molar-refractivity contribution in [2.75, 3.05) is 17.3 Å². The summed E-state index contributed by atoms with van der Waals surface area (Å²) in [6.45, 7) is 3.36. The second kappa shape index (κ2) is 9.64. The summed E-state index contributed by atoms with van der Waals surface area (Å²) in [4.78, 5) is 15.2. The molecule has 2 heterocycles. The molecular formula is C24H29N5O2. The Morgan fingerprint density at radius 3 is 2.84 bits per heavy atom. The van der Waals surface area contributed by atoms with Crippen molar-refractivity contribution in [3.05, 3.63) is 65.7 Å². The van der Waals surface area contributed by atoms with Crippen LogP contribution in [0.1, 0.15) is 43.4 Å². The topological polar surface area (TPSA) is 72.3 Å². The molecule has 1 aromatic heterocycles. The summed E-state index contributed by atoms with van der Waals surface area (Å²) in [6.07, 6.45) is 5.21. The van der Waals surface area contributed by atoms with Gasteiger partial charge in [-0.3, -0.25) is 4.90 Å². The van der Waals surface area contributed by atoms with E-state index in [0.717, 1.165) is 55.1 Å². The minimum Gasteiger partial charge on any atom is -0.497 e. The zero-order chi connectivity index (χ0) is 21.6. The van der Waals surface area contributed by atoms with Gasteiger partial charge in [0.05, 0.1) is 13.7 Å². The Morgan fingerprint density at radius 1 is 1.13 bits per heavy atom. The van der Waals surface area contributed by atoms with E-state index in [1.165, 1.54) is 6.42 Å². The highest BCUT2D eigenvalue weighted by Crippen LogP contribution is 2.26. The lowest BCUT2D eigenvalue weighted by atomic mass is 10.1. The van der Waals surface area contributed by atoms with E-state index in [0.29, 0.717) is 18.0 Å². The van der Waals surface area contributed by atoms with Crippen LogP contribution in [0.2, 0.25) is 0 Å². The van der Waals surface area contributed by atoms with Crippen LogP contribution in [-0.4, -0.2) is 27.9 Å². The molecule has 0 aliphatic carbocycles. The first-order chi connectivity index (χ1) is 15.2. The Balaban J connectivity index is 1.66. The van der Waals surface area contributed by atoms with Crippen LogP contribution in [-0.2, 0) is 25.9 Å². The fourth-order valence-electron chi connectivity index (χ4n) is 4.03. The van der Waals surface area contributed by atoms with Gasteiger partial charge in [0, 0.05) is 30.4 Å². The van der Waals surface area contributed by atoms with Gasteiger partial charge < -0.3 is 14.6 Å². The number of hydrogen-bond acceptors (Lipinski definition) is 4. The van der Waals surface area contributed by atoms with Crippen molar-refractivity contribution in [1.29, 1.82) is 0 Å². The third-order valence-electron chi connectivity index (χ3n) is 5.72. The minimum atomic E-state index is -0.208. The number of methoxy groups -OCH3 is 1. The van der Waals surface area contributed by atoms with Crippen molar-refractivity contribution in [3.63, 3.8) is 0 Å². The molecule has 0 bridgehead atoms. The van der Waals surface area contributed by atoms with Crippen molar-refractivity contribution in [2.24, 2.45) is 0 Å².